The Hall–Kier alpha value is -0.490. The van der Waals surface area contributed by atoms with Crippen LogP contribution in [-0.4, -0.2) is 33.5 Å². The Morgan fingerprint density at radius 1 is 1.32 bits per heavy atom. The van der Waals surface area contributed by atoms with Gasteiger partial charge in [-0.2, -0.15) is 0 Å². The van der Waals surface area contributed by atoms with E-state index in [-0.39, 0.29) is 11.9 Å². The molecule has 0 saturated carbocycles. The highest BCUT2D eigenvalue weighted by Gasteiger charge is 2.07. The van der Waals surface area contributed by atoms with E-state index >= 15 is 0 Å². The molecular weight excluding hydrogens is 313 g/mol. The highest BCUT2D eigenvalue weighted by molar-refractivity contribution is 9.10. The van der Waals surface area contributed by atoms with Gasteiger partial charge in [0, 0.05) is 19.8 Å². The first-order chi connectivity index (χ1) is 9.15. The zero-order chi connectivity index (χ0) is 14.1. The Morgan fingerprint density at radius 2 is 2.11 bits per heavy atom. The summed E-state index contributed by atoms with van der Waals surface area (Å²) in [7, 11) is 1.66. The van der Waals surface area contributed by atoms with Crippen LogP contribution < -0.4 is 5.32 Å². The molecule has 1 unspecified atom stereocenters. The van der Waals surface area contributed by atoms with Crippen LogP contribution in [0.1, 0.15) is 24.9 Å². The molecule has 0 bridgehead atoms. The quantitative estimate of drug-likeness (QED) is 0.703. The molecule has 108 valence electrons. The fourth-order valence-corrected chi connectivity index (χ4v) is 2.03. The van der Waals surface area contributed by atoms with Gasteiger partial charge in [-0.05, 0) is 53.5 Å². The highest BCUT2D eigenvalue weighted by Crippen LogP contribution is 2.21. The Labute approximate surface area is 122 Å². The topological polar surface area (TPSA) is 30.5 Å². The zero-order valence-electron chi connectivity index (χ0n) is 11.4. The number of nitrogens with one attached hydrogen (secondary N) is 1. The fourth-order valence-electron chi connectivity index (χ4n) is 1.64. The summed E-state index contributed by atoms with van der Waals surface area (Å²) in [5.41, 5.74) is 1.06. The van der Waals surface area contributed by atoms with Gasteiger partial charge in [0.25, 0.3) is 0 Å². The number of hydrogen-bond donors (Lipinski definition) is 1. The van der Waals surface area contributed by atoms with E-state index in [0.717, 1.165) is 25.1 Å². The lowest BCUT2D eigenvalue weighted by molar-refractivity contribution is 0.0693. The molecular formula is C14H21BrFNO2. The Bertz CT molecular complexity index is 376. The minimum atomic E-state index is -0.234. The van der Waals surface area contributed by atoms with Crippen molar-refractivity contribution in [3.63, 3.8) is 0 Å². The molecule has 19 heavy (non-hydrogen) atoms. The number of hydrogen-bond acceptors (Lipinski definition) is 3. The summed E-state index contributed by atoms with van der Waals surface area (Å²) in [4.78, 5) is 0. The average molecular weight is 334 g/mol. The molecule has 1 aromatic rings. The molecule has 0 aromatic heterocycles. The molecule has 0 aliphatic rings. The second kappa shape index (κ2) is 9.42. The van der Waals surface area contributed by atoms with Crippen LogP contribution in [0.15, 0.2) is 22.7 Å². The number of ether oxygens (including phenoxy) is 2. The number of halogens is 2. The van der Waals surface area contributed by atoms with Crippen LogP contribution >= 0.6 is 15.9 Å². The number of rotatable bonds is 9. The fraction of sp³-hybridized carbons (Fsp3) is 0.571. The lowest BCUT2D eigenvalue weighted by Gasteiger charge is -2.14. The van der Waals surface area contributed by atoms with Gasteiger partial charge >= 0.3 is 0 Å². The first-order valence-corrected chi connectivity index (χ1v) is 7.19. The summed E-state index contributed by atoms with van der Waals surface area (Å²) in [5, 5.41) is 3.38. The predicted molar refractivity (Wildman–Crippen MR) is 77.8 cm³/mol. The molecule has 1 atom stereocenters. The summed E-state index contributed by atoms with van der Waals surface area (Å²) in [6.07, 6.45) is 0.941. The normalized spacial score (nSPS) is 12.6. The summed E-state index contributed by atoms with van der Waals surface area (Å²) in [5.74, 6) is -0.234. The standard InChI is InChI=1S/C14H21BrFNO2/c1-11(12-4-5-14(16)13(15)10-12)17-6-3-7-19-9-8-18-2/h4-5,10-11,17H,3,6-9H2,1-2H3. The van der Waals surface area contributed by atoms with Crippen molar-refractivity contribution >= 4 is 15.9 Å². The van der Waals surface area contributed by atoms with Crippen LogP contribution in [0, 0.1) is 5.82 Å². The maximum absolute atomic E-state index is 13.1. The third-order valence-electron chi connectivity index (χ3n) is 2.79. The molecule has 0 radical (unpaired) electrons. The lowest BCUT2D eigenvalue weighted by Crippen LogP contribution is -2.21. The Morgan fingerprint density at radius 3 is 2.79 bits per heavy atom. The van der Waals surface area contributed by atoms with E-state index in [0.29, 0.717) is 17.7 Å². The van der Waals surface area contributed by atoms with E-state index in [1.807, 2.05) is 6.07 Å². The van der Waals surface area contributed by atoms with Crippen molar-refractivity contribution in [3.8, 4) is 0 Å². The van der Waals surface area contributed by atoms with Crippen LogP contribution in [0.5, 0.6) is 0 Å². The second-order valence-corrected chi connectivity index (χ2v) is 5.16. The molecule has 0 amide bonds. The minimum absolute atomic E-state index is 0.191. The summed E-state index contributed by atoms with van der Waals surface area (Å²) in [6, 6.07) is 5.27. The smallest absolute Gasteiger partial charge is 0.137 e. The predicted octanol–water partition coefficient (Wildman–Crippen LogP) is 3.29. The van der Waals surface area contributed by atoms with Gasteiger partial charge in [0.15, 0.2) is 0 Å². The monoisotopic (exact) mass is 333 g/mol. The van der Waals surface area contributed by atoms with Crippen molar-refractivity contribution in [2.75, 3.05) is 33.5 Å². The maximum Gasteiger partial charge on any atom is 0.137 e. The zero-order valence-corrected chi connectivity index (χ0v) is 13.0. The van der Waals surface area contributed by atoms with Gasteiger partial charge in [0.05, 0.1) is 17.7 Å². The van der Waals surface area contributed by atoms with Gasteiger partial charge in [-0.25, -0.2) is 4.39 Å². The number of benzene rings is 1. The molecule has 5 heteroatoms. The molecule has 1 N–H and O–H groups in total. The van der Waals surface area contributed by atoms with Crippen LogP contribution in [0.25, 0.3) is 0 Å². The van der Waals surface area contributed by atoms with E-state index in [1.54, 1.807) is 13.2 Å². The third-order valence-corrected chi connectivity index (χ3v) is 3.40. The van der Waals surface area contributed by atoms with Gasteiger partial charge in [-0.3, -0.25) is 0 Å². The first-order valence-electron chi connectivity index (χ1n) is 6.40. The summed E-state index contributed by atoms with van der Waals surface area (Å²) >= 11 is 3.20. The van der Waals surface area contributed by atoms with Crippen LogP contribution in [0.3, 0.4) is 0 Å². The van der Waals surface area contributed by atoms with Crippen molar-refractivity contribution in [2.24, 2.45) is 0 Å². The summed E-state index contributed by atoms with van der Waals surface area (Å²) in [6.45, 7) is 4.91. The average Bonchev–Trinajstić information content (AvgIpc) is 2.40. The van der Waals surface area contributed by atoms with Gasteiger partial charge in [-0.1, -0.05) is 6.07 Å². The van der Waals surface area contributed by atoms with E-state index in [9.17, 15) is 4.39 Å². The summed E-state index contributed by atoms with van der Waals surface area (Å²) < 4.78 is 23.9. The van der Waals surface area contributed by atoms with E-state index in [1.165, 1.54) is 6.07 Å². The van der Waals surface area contributed by atoms with Crippen molar-refractivity contribution in [3.05, 3.63) is 34.1 Å². The van der Waals surface area contributed by atoms with Crippen LogP contribution in [0.4, 0.5) is 4.39 Å². The van der Waals surface area contributed by atoms with Crippen molar-refractivity contribution < 1.29 is 13.9 Å². The highest BCUT2D eigenvalue weighted by atomic mass is 79.9. The molecule has 0 heterocycles. The first kappa shape index (κ1) is 16.6. The second-order valence-electron chi connectivity index (χ2n) is 4.31. The maximum atomic E-state index is 13.1. The molecule has 0 spiro atoms. The number of methoxy groups -OCH3 is 1. The Kier molecular flexibility index (Phi) is 8.21. The van der Waals surface area contributed by atoms with Gasteiger partial charge in [0.1, 0.15) is 5.82 Å². The molecule has 0 fully saturated rings. The van der Waals surface area contributed by atoms with Gasteiger partial charge in [0.2, 0.25) is 0 Å². The van der Waals surface area contributed by atoms with Crippen molar-refractivity contribution in [1.82, 2.24) is 5.32 Å². The van der Waals surface area contributed by atoms with Crippen molar-refractivity contribution in [2.45, 2.75) is 19.4 Å². The molecule has 1 aromatic carbocycles. The van der Waals surface area contributed by atoms with Crippen LogP contribution in [0.2, 0.25) is 0 Å². The van der Waals surface area contributed by atoms with Gasteiger partial charge in [-0.15, -0.1) is 0 Å². The van der Waals surface area contributed by atoms with E-state index < -0.39 is 0 Å². The van der Waals surface area contributed by atoms with Crippen LogP contribution in [-0.2, 0) is 9.47 Å². The largest absolute Gasteiger partial charge is 0.382 e. The van der Waals surface area contributed by atoms with E-state index in [4.69, 9.17) is 9.47 Å². The molecule has 3 nitrogen and oxygen atoms in total. The van der Waals surface area contributed by atoms with E-state index in [2.05, 4.69) is 28.2 Å². The third kappa shape index (κ3) is 6.47. The van der Waals surface area contributed by atoms with Gasteiger partial charge < -0.3 is 14.8 Å². The minimum Gasteiger partial charge on any atom is -0.382 e. The Balaban J connectivity index is 2.20. The molecule has 0 saturated heterocycles. The lowest BCUT2D eigenvalue weighted by atomic mass is 10.1. The molecule has 0 aliphatic heterocycles. The SMILES string of the molecule is COCCOCCCNC(C)c1ccc(F)c(Br)c1. The molecule has 0 aliphatic carbocycles. The van der Waals surface area contributed by atoms with Crippen molar-refractivity contribution in [1.29, 1.82) is 0 Å². The molecule has 1 rings (SSSR count).